The Morgan fingerprint density at radius 1 is 1.25 bits per heavy atom. The zero-order valence-corrected chi connectivity index (χ0v) is 13.0. The highest BCUT2D eigenvalue weighted by Gasteiger charge is 2.50. The minimum absolute atomic E-state index is 0.0235. The van der Waals surface area contributed by atoms with Crippen molar-refractivity contribution in [3.63, 3.8) is 0 Å². The van der Waals surface area contributed by atoms with Crippen LogP contribution in [0.4, 0.5) is 0 Å². The Labute approximate surface area is 121 Å². The monoisotopic (exact) mass is 278 g/mol. The van der Waals surface area contributed by atoms with Crippen molar-refractivity contribution in [3.05, 3.63) is 0 Å². The number of amides is 2. The van der Waals surface area contributed by atoms with Crippen LogP contribution < -0.4 is 5.32 Å². The second-order valence-electron chi connectivity index (χ2n) is 7.58. The van der Waals surface area contributed by atoms with Crippen molar-refractivity contribution in [1.82, 2.24) is 10.2 Å². The third-order valence-corrected chi connectivity index (χ3v) is 5.85. The van der Waals surface area contributed by atoms with Crippen LogP contribution in [0.5, 0.6) is 0 Å². The van der Waals surface area contributed by atoms with Crippen molar-refractivity contribution in [2.24, 2.45) is 17.8 Å². The molecule has 112 valence electrons. The topological polar surface area (TPSA) is 49.4 Å². The molecule has 3 aliphatic rings. The smallest absolute Gasteiger partial charge is 0.248 e. The fraction of sp³-hybridized carbons (Fsp3) is 0.875. The molecule has 5 atom stereocenters. The van der Waals surface area contributed by atoms with Crippen molar-refractivity contribution in [1.29, 1.82) is 0 Å². The first-order valence-electron chi connectivity index (χ1n) is 7.96. The summed E-state index contributed by atoms with van der Waals surface area (Å²) in [4.78, 5) is 26.7. The van der Waals surface area contributed by atoms with E-state index in [1.165, 1.54) is 25.7 Å². The lowest BCUT2D eigenvalue weighted by atomic mass is 9.81. The number of hydrogen-bond donors (Lipinski definition) is 1. The maximum Gasteiger partial charge on any atom is 0.248 e. The summed E-state index contributed by atoms with van der Waals surface area (Å²) in [7, 11) is 0. The lowest BCUT2D eigenvalue weighted by Gasteiger charge is -2.47. The summed E-state index contributed by atoms with van der Waals surface area (Å²) < 4.78 is 0. The molecule has 1 aliphatic heterocycles. The SMILES string of the molecule is CC1C(=O)NC(C)(C)C(=O)N1C(C)C1CC2CCC1C2. The third-order valence-electron chi connectivity index (χ3n) is 5.85. The summed E-state index contributed by atoms with van der Waals surface area (Å²) in [5.41, 5.74) is -0.768. The molecule has 0 radical (unpaired) electrons. The summed E-state index contributed by atoms with van der Waals surface area (Å²) in [5, 5.41) is 2.83. The van der Waals surface area contributed by atoms with Crippen molar-refractivity contribution < 1.29 is 9.59 Å². The molecule has 1 N–H and O–H groups in total. The normalized spacial score (nSPS) is 40.9. The van der Waals surface area contributed by atoms with Crippen LogP contribution >= 0.6 is 0 Å². The molecule has 3 fully saturated rings. The number of carbonyl (C=O) groups excluding carboxylic acids is 2. The Bertz CT molecular complexity index is 446. The molecular formula is C16H26N2O2. The number of rotatable bonds is 2. The van der Waals surface area contributed by atoms with Gasteiger partial charge in [-0.2, -0.15) is 0 Å². The first-order valence-corrected chi connectivity index (χ1v) is 7.96. The Balaban J connectivity index is 1.83. The van der Waals surface area contributed by atoms with E-state index < -0.39 is 5.54 Å². The quantitative estimate of drug-likeness (QED) is 0.839. The predicted molar refractivity (Wildman–Crippen MR) is 76.9 cm³/mol. The lowest BCUT2D eigenvalue weighted by molar-refractivity contribution is -0.157. The van der Waals surface area contributed by atoms with Gasteiger partial charge in [-0.1, -0.05) is 6.42 Å². The summed E-state index contributed by atoms with van der Waals surface area (Å²) in [5.74, 6) is 2.26. The predicted octanol–water partition coefficient (Wildman–Crippen LogP) is 1.94. The Morgan fingerprint density at radius 2 is 1.95 bits per heavy atom. The van der Waals surface area contributed by atoms with Crippen LogP contribution in [0, 0.1) is 17.8 Å². The maximum absolute atomic E-state index is 12.7. The molecule has 2 aliphatic carbocycles. The number of fused-ring (bicyclic) bond motifs is 2. The van der Waals surface area contributed by atoms with E-state index in [2.05, 4.69) is 12.2 Å². The number of piperazine rings is 1. The molecule has 4 nitrogen and oxygen atoms in total. The van der Waals surface area contributed by atoms with Crippen LogP contribution in [0.25, 0.3) is 0 Å². The highest BCUT2D eigenvalue weighted by atomic mass is 16.2. The van der Waals surface area contributed by atoms with Gasteiger partial charge in [0.25, 0.3) is 0 Å². The van der Waals surface area contributed by atoms with Crippen LogP contribution in [0.2, 0.25) is 0 Å². The molecule has 2 amide bonds. The maximum atomic E-state index is 12.7. The van der Waals surface area contributed by atoms with Crippen LogP contribution in [-0.4, -0.2) is 34.3 Å². The second-order valence-corrected chi connectivity index (χ2v) is 7.58. The van der Waals surface area contributed by atoms with Gasteiger partial charge in [0, 0.05) is 6.04 Å². The number of hydrogen-bond acceptors (Lipinski definition) is 2. The average molecular weight is 278 g/mol. The molecule has 0 aromatic rings. The number of nitrogens with one attached hydrogen (secondary N) is 1. The van der Waals surface area contributed by atoms with Crippen LogP contribution in [0.3, 0.4) is 0 Å². The second kappa shape index (κ2) is 4.47. The van der Waals surface area contributed by atoms with Crippen LogP contribution in [0.15, 0.2) is 0 Å². The molecule has 2 bridgehead atoms. The number of nitrogens with zero attached hydrogens (tertiary/aromatic N) is 1. The zero-order chi connectivity index (χ0) is 14.7. The van der Waals surface area contributed by atoms with E-state index in [9.17, 15) is 9.59 Å². The molecule has 5 unspecified atom stereocenters. The Hall–Kier alpha value is -1.06. The molecule has 1 heterocycles. The van der Waals surface area contributed by atoms with Crippen molar-refractivity contribution >= 4 is 11.8 Å². The van der Waals surface area contributed by atoms with E-state index in [0.29, 0.717) is 5.92 Å². The standard InChI is InChI=1S/C16H26N2O2/c1-9(13-8-11-5-6-12(13)7-11)18-10(2)14(19)17-16(3,4)15(18)20/h9-13H,5-8H2,1-4H3,(H,17,19). The van der Waals surface area contributed by atoms with Gasteiger partial charge >= 0.3 is 0 Å². The van der Waals surface area contributed by atoms with Gasteiger partial charge in [0.05, 0.1) is 0 Å². The van der Waals surface area contributed by atoms with Gasteiger partial charge in [-0.3, -0.25) is 9.59 Å². The van der Waals surface area contributed by atoms with E-state index in [-0.39, 0.29) is 23.9 Å². The van der Waals surface area contributed by atoms with E-state index in [1.54, 1.807) is 13.8 Å². The average Bonchev–Trinajstić information content (AvgIpc) is 2.98. The van der Waals surface area contributed by atoms with Gasteiger partial charge in [-0.05, 0) is 64.7 Å². The van der Waals surface area contributed by atoms with Gasteiger partial charge in [0.2, 0.25) is 11.8 Å². The van der Waals surface area contributed by atoms with Crippen molar-refractivity contribution in [3.8, 4) is 0 Å². The summed E-state index contributed by atoms with van der Waals surface area (Å²) >= 11 is 0. The van der Waals surface area contributed by atoms with E-state index in [4.69, 9.17) is 0 Å². The molecule has 0 spiro atoms. The molecule has 3 rings (SSSR count). The molecule has 4 heteroatoms. The van der Waals surface area contributed by atoms with E-state index in [0.717, 1.165) is 11.8 Å². The molecule has 2 saturated carbocycles. The summed E-state index contributed by atoms with van der Waals surface area (Å²) in [6.45, 7) is 7.61. The molecule has 0 aromatic carbocycles. The number of carbonyl (C=O) groups is 2. The fourth-order valence-electron chi connectivity index (χ4n) is 4.72. The molecule has 0 aromatic heterocycles. The third kappa shape index (κ3) is 1.95. The van der Waals surface area contributed by atoms with Crippen LogP contribution in [0.1, 0.15) is 53.4 Å². The molecule has 20 heavy (non-hydrogen) atoms. The molecule has 1 saturated heterocycles. The zero-order valence-electron chi connectivity index (χ0n) is 13.0. The van der Waals surface area contributed by atoms with Crippen molar-refractivity contribution in [2.75, 3.05) is 0 Å². The van der Waals surface area contributed by atoms with Gasteiger partial charge in [-0.15, -0.1) is 0 Å². The first-order chi connectivity index (χ1) is 9.31. The van der Waals surface area contributed by atoms with Gasteiger partial charge < -0.3 is 10.2 Å². The largest absolute Gasteiger partial charge is 0.340 e. The minimum Gasteiger partial charge on any atom is -0.340 e. The molecular weight excluding hydrogens is 252 g/mol. The first kappa shape index (κ1) is 13.9. The lowest BCUT2D eigenvalue weighted by Crippen LogP contribution is -2.69. The van der Waals surface area contributed by atoms with Gasteiger partial charge in [0.1, 0.15) is 11.6 Å². The Morgan fingerprint density at radius 3 is 2.50 bits per heavy atom. The van der Waals surface area contributed by atoms with Crippen LogP contribution in [-0.2, 0) is 9.59 Å². The summed E-state index contributed by atoms with van der Waals surface area (Å²) in [6, 6.07) is -0.164. The van der Waals surface area contributed by atoms with Gasteiger partial charge in [-0.25, -0.2) is 0 Å². The van der Waals surface area contributed by atoms with E-state index >= 15 is 0 Å². The highest BCUT2D eigenvalue weighted by Crippen LogP contribution is 2.50. The minimum atomic E-state index is -0.768. The highest BCUT2D eigenvalue weighted by molar-refractivity contribution is 5.99. The van der Waals surface area contributed by atoms with Crippen molar-refractivity contribution in [2.45, 2.75) is 71.0 Å². The summed E-state index contributed by atoms with van der Waals surface area (Å²) in [6.07, 6.45) is 5.25. The Kier molecular flexibility index (Phi) is 3.11. The van der Waals surface area contributed by atoms with Gasteiger partial charge in [0.15, 0.2) is 0 Å². The fourth-order valence-corrected chi connectivity index (χ4v) is 4.72. The van der Waals surface area contributed by atoms with E-state index in [1.807, 2.05) is 11.8 Å².